The van der Waals surface area contributed by atoms with Gasteiger partial charge in [0.2, 0.25) is 5.88 Å². The maximum atomic E-state index is 10.8. The molecule has 0 fully saturated rings. The molecule has 7 aromatic rings. The molecule has 0 bridgehead atoms. The largest absolute Gasteiger partial charge is 0.503 e. The fourth-order valence-corrected chi connectivity index (χ4v) is 5.35. The number of nitrogens with zero attached hydrogens (tertiary/aromatic N) is 2. The fourth-order valence-electron chi connectivity index (χ4n) is 5.35. The van der Waals surface area contributed by atoms with Crippen molar-refractivity contribution in [2.75, 3.05) is 0 Å². The van der Waals surface area contributed by atoms with Gasteiger partial charge in [0.1, 0.15) is 0 Å². The van der Waals surface area contributed by atoms with Gasteiger partial charge in [-0.1, -0.05) is 78.9 Å². The minimum Gasteiger partial charge on any atom is -0.503 e. The Kier molecular flexibility index (Phi) is 5.05. The smallest absolute Gasteiger partial charge is 0.240 e. The highest BCUT2D eigenvalue weighted by Gasteiger charge is 2.18. The van der Waals surface area contributed by atoms with Crippen molar-refractivity contribution < 1.29 is 10.2 Å². The van der Waals surface area contributed by atoms with Crippen molar-refractivity contribution >= 4 is 21.8 Å². The number of aromatic hydroxyl groups is 2. The molecule has 0 aliphatic rings. The third-order valence-corrected chi connectivity index (χ3v) is 7.15. The van der Waals surface area contributed by atoms with Crippen LogP contribution in [0.5, 0.6) is 11.6 Å². The van der Waals surface area contributed by atoms with E-state index in [0.29, 0.717) is 5.39 Å². The summed E-state index contributed by atoms with van der Waals surface area (Å²) in [7, 11) is 0. The number of hydrogen-bond acceptors (Lipinski definition) is 2. The zero-order chi connectivity index (χ0) is 25.6. The third-order valence-electron chi connectivity index (χ3n) is 7.15. The van der Waals surface area contributed by atoms with Crippen molar-refractivity contribution in [1.82, 2.24) is 9.13 Å². The van der Waals surface area contributed by atoms with Crippen molar-refractivity contribution in [3.05, 3.63) is 133 Å². The first-order chi connectivity index (χ1) is 18.7. The van der Waals surface area contributed by atoms with Crippen LogP contribution in [-0.2, 0) is 0 Å². The van der Waals surface area contributed by atoms with Gasteiger partial charge in [0.05, 0.1) is 16.7 Å². The Morgan fingerprint density at radius 2 is 1.00 bits per heavy atom. The molecule has 182 valence electrons. The summed E-state index contributed by atoms with van der Waals surface area (Å²) in [5.74, 6) is -0.278. The summed E-state index contributed by atoms with van der Waals surface area (Å²) >= 11 is 0. The minimum absolute atomic E-state index is 0.117. The van der Waals surface area contributed by atoms with Gasteiger partial charge in [-0.15, -0.1) is 0 Å². The van der Waals surface area contributed by atoms with Gasteiger partial charge in [0.25, 0.3) is 0 Å². The Bertz CT molecular complexity index is 1920. The molecule has 2 N–H and O–H groups in total. The van der Waals surface area contributed by atoms with Crippen LogP contribution in [-0.4, -0.2) is 19.3 Å². The average molecular weight is 493 g/mol. The van der Waals surface area contributed by atoms with Gasteiger partial charge in [-0.05, 0) is 71.3 Å². The summed E-state index contributed by atoms with van der Waals surface area (Å²) in [5.41, 5.74) is 8.05. The molecule has 0 unspecified atom stereocenters. The van der Waals surface area contributed by atoms with E-state index in [1.54, 1.807) is 4.57 Å². The summed E-state index contributed by atoms with van der Waals surface area (Å²) < 4.78 is 3.96. The summed E-state index contributed by atoms with van der Waals surface area (Å²) in [5, 5.41) is 23.3. The van der Waals surface area contributed by atoms with Crippen LogP contribution in [0.1, 0.15) is 0 Å². The molecule has 7 rings (SSSR count). The van der Waals surface area contributed by atoms with Crippen LogP contribution < -0.4 is 0 Å². The second-order valence-corrected chi connectivity index (χ2v) is 9.42. The lowest BCUT2D eigenvalue weighted by Gasteiger charge is -2.11. The lowest BCUT2D eigenvalue weighted by atomic mass is 10.0. The number of hydrogen-bond donors (Lipinski definition) is 2. The summed E-state index contributed by atoms with van der Waals surface area (Å²) in [6.07, 6.45) is 0. The van der Waals surface area contributed by atoms with Crippen LogP contribution in [0.15, 0.2) is 133 Å². The molecular weight excluding hydrogens is 468 g/mol. The molecule has 2 heterocycles. The molecule has 0 saturated carbocycles. The zero-order valence-corrected chi connectivity index (χ0v) is 20.5. The summed E-state index contributed by atoms with van der Waals surface area (Å²) in [6, 6.07) is 45.0. The first kappa shape index (κ1) is 22.0. The highest BCUT2D eigenvalue weighted by Crippen LogP contribution is 2.42. The maximum absolute atomic E-state index is 10.8. The topological polar surface area (TPSA) is 50.3 Å². The van der Waals surface area contributed by atoms with Crippen molar-refractivity contribution in [3.8, 4) is 45.4 Å². The molecule has 0 aliphatic heterocycles. The molecule has 4 nitrogen and oxygen atoms in total. The molecule has 2 aromatic heterocycles. The van der Waals surface area contributed by atoms with Crippen molar-refractivity contribution in [2.24, 2.45) is 0 Å². The van der Waals surface area contributed by atoms with Gasteiger partial charge in [0, 0.05) is 22.1 Å². The van der Waals surface area contributed by atoms with E-state index < -0.39 is 0 Å². The van der Waals surface area contributed by atoms with Crippen molar-refractivity contribution in [1.29, 1.82) is 0 Å². The molecule has 5 aromatic carbocycles. The van der Waals surface area contributed by atoms with Crippen molar-refractivity contribution in [3.63, 3.8) is 0 Å². The lowest BCUT2D eigenvalue weighted by Crippen LogP contribution is -1.96. The standard InChI is InChI=1S/C34H24N2O2/c37-33-29-21-25(17-19-31(29)36(34(33)38)28-14-8-3-9-15-28)24-16-18-30-26(20-24)22-32(23-10-4-1-5-11-23)35(30)27-12-6-2-7-13-27/h1-22,37-38H. The first-order valence-corrected chi connectivity index (χ1v) is 12.6. The van der Waals surface area contributed by atoms with Crippen LogP contribution in [0, 0.1) is 0 Å². The SMILES string of the molecule is Oc1c(O)n(-c2ccccc2)c2ccc(-c3ccc4c(c3)cc(-c3ccccc3)n4-c3ccccc3)cc12. The van der Waals surface area contributed by atoms with Gasteiger partial charge in [0.15, 0.2) is 5.75 Å². The van der Waals surface area contributed by atoms with Gasteiger partial charge >= 0.3 is 0 Å². The predicted octanol–water partition coefficient (Wildman–Crippen LogP) is 8.32. The van der Waals surface area contributed by atoms with Gasteiger partial charge < -0.3 is 14.8 Å². The van der Waals surface area contributed by atoms with E-state index in [1.165, 1.54) is 0 Å². The van der Waals surface area contributed by atoms with E-state index in [1.807, 2.05) is 60.7 Å². The summed E-state index contributed by atoms with van der Waals surface area (Å²) in [4.78, 5) is 0. The highest BCUT2D eigenvalue weighted by atomic mass is 16.3. The van der Waals surface area contributed by atoms with E-state index in [9.17, 15) is 10.2 Å². The molecule has 38 heavy (non-hydrogen) atoms. The number of para-hydroxylation sites is 2. The van der Waals surface area contributed by atoms with E-state index in [4.69, 9.17) is 0 Å². The van der Waals surface area contributed by atoms with Crippen LogP contribution >= 0.6 is 0 Å². The molecule has 0 amide bonds. The predicted molar refractivity (Wildman–Crippen MR) is 154 cm³/mol. The number of rotatable bonds is 4. The highest BCUT2D eigenvalue weighted by molar-refractivity contribution is 5.97. The molecular formula is C34H24N2O2. The first-order valence-electron chi connectivity index (χ1n) is 12.6. The van der Waals surface area contributed by atoms with Crippen LogP contribution in [0.4, 0.5) is 0 Å². The monoisotopic (exact) mass is 492 g/mol. The molecule has 0 atom stereocenters. The Balaban J connectivity index is 1.39. The zero-order valence-electron chi connectivity index (χ0n) is 20.5. The van der Waals surface area contributed by atoms with Crippen LogP contribution in [0.3, 0.4) is 0 Å². The quantitative estimate of drug-likeness (QED) is 0.260. The van der Waals surface area contributed by atoms with Crippen molar-refractivity contribution in [2.45, 2.75) is 0 Å². The van der Waals surface area contributed by atoms with Gasteiger partial charge in [-0.2, -0.15) is 0 Å². The fraction of sp³-hybridized carbons (Fsp3) is 0. The van der Waals surface area contributed by atoms with E-state index in [-0.39, 0.29) is 11.6 Å². The molecule has 0 spiro atoms. The molecule has 0 saturated heterocycles. The second-order valence-electron chi connectivity index (χ2n) is 9.42. The van der Waals surface area contributed by atoms with E-state index in [0.717, 1.165) is 50.2 Å². The van der Waals surface area contributed by atoms with E-state index >= 15 is 0 Å². The minimum atomic E-state index is -0.161. The van der Waals surface area contributed by atoms with Crippen LogP contribution in [0.25, 0.3) is 55.6 Å². The van der Waals surface area contributed by atoms with E-state index in [2.05, 4.69) is 77.4 Å². The van der Waals surface area contributed by atoms with Gasteiger partial charge in [-0.25, -0.2) is 0 Å². The maximum Gasteiger partial charge on any atom is 0.240 e. The number of fused-ring (bicyclic) bond motifs is 2. The second kappa shape index (κ2) is 8.71. The van der Waals surface area contributed by atoms with Crippen LogP contribution in [0.2, 0.25) is 0 Å². The molecule has 0 radical (unpaired) electrons. The Hall–Kier alpha value is -5.22. The number of benzene rings is 5. The lowest BCUT2D eigenvalue weighted by molar-refractivity contribution is 0.390. The Morgan fingerprint density at radius 1 is 0.447 bits per heavy atom. The Morgan fingerprint density at radius 3 is 1.66 bits per heavy atom. The Labute approximate surface area is 219 Å². The molecule has 4 heteroatoms. The normalized spacial score (nSPS) is 11.4. The van der Waals surface area contributed by atoms with Gasteiger partial charge in [-0.3, -0.25) is 4.57 Å². The summed E-state index contributed by atoms with van der Waals surface area (Å²) in [6.45, 7) is 0. The third kappa shape index (κ3) is 3.46. The number of aromatic nitrogens is 2. The average Bonchev–Trinajstić information content (AvgIpc) is 3.48. The molecule has 0 aliphatic carbocycles.